The zero-order valence-electron chi connectivity index (χ0n) is 22.8. The first kappa shape index (κ1) is 29.2. The number of hydrogen-bond acceptors (Lipinski definition) is 6. The molecule has 0 saturated heterocycles. The lowest BCUT2D eigenvalue weighted by atomic mass is 10.2. The molecule has 0 aliphatic heterocycles. The lowest BCUT2D eigenvalue weighted by Gasteiger charge is -2.13. The molecule has 41 heavy (non-hydrogen) atoms. The molecule has 2 aromatic heterocycles. The van der Waals surface area contributed by atoms with Crippen LogP contribution in [0.25, 0.3) is 5.69 Å². The summed E-state index contributed by atoms with van der Waals surface area (Å²) in [7, 11) is 1.37. The van der Waals surface area contributed by atoms with E-state index in [4.69, 9.17) is 9.47 Å². The van der Waals surface area contributed by atoms with Gasteiger partial charge in [0.1, 0.15) is 24.0 Å². The molecule has 0 atom stereocenters. The van der Waals surface area contributed by atoms with Gasteiger partial charge in [0.2, 0.25) is 5.82 Å². The van der Waals surface area contributed by atoms with Gasteiger partial charge in [0.25, 0.3) is 5.91 Å². The maximum absolute atomic E-state index is 14.9. The summed E-state index contributed by atoms with van der Waals surface area (Å²) >= 11 is 0. The Hall–Kier alpha value is -4.84. The first-order chi connectivity index (χ1) is 19.8. The number of aromatic nitrogens is 3. The van der Waals surface area contributed by atoms with E-state index in [1.807, 2.05) is 31.2 Å². The maximum Gasteiger partial charge on any atom is 0.324 e. The summed E-state index contributed by atoms with van der Waals surface area (Å²) in [6, 6.07) is 13.7. The highest BCUT2D eigenvalue weighted by molar-refractivity contribution is 5.99. The van der Waals surface area contributed by atoms with E-state index < -0.39 is 29.3 Å². The largest absolute Gasteiger partial charge is 0.454 e. The topological polar surface area (TPSA) is 119 Å². The van der Waals surface area contributed by atoms with Crippen LogP contribution >= 0.6 is 0 Å². The molecule has 4 aromatic rings. The van der Waals surface area contributed by atoms with Gasteiger partial charge in [0.15, 0.2) is 11.6 Å². The minimum absolute atomic E-state index is 0.104. The van der Waals surface area contributed by atoms with E-state index in [0.717, 1.165) is 36.2 Å². The second kappa shape index (κ2) is 13.5. The molecule has 10 nitrogen and oxygen atoms in total. The number of hydrogen-bond donors (Lipinski definition) is 3. The van der Waals surface area contributed by atoms with Crippen LogP contribution in [0.1, 0.15) is 31.0 Å². The molecule has 0 aliphatic carbocycles. The lowest BCUT2D eigenvalue weighted by Crippen LogP contribution is -2.22. The minimum atomic E-state index is -1.31. The zero-order valence-corrected chi connectivity index (χ0v) is 22.8. The molecule has 12 heteroatoms. The van der Waals surface area contributed by atoms with Gasteiger partial charge in [-0.1, -0.05) is 31.0 Å². The van der Waals surface area contributed by atoms with E-state index in [-0.39, 0.29) is 23.9 Å². The molecule has 0 saturated carbocycles. The van der Waals surface area contributed by atoms with Crippen LogP contribution in [-0.2, 0) is 16.0 Å². The summed E-state index contributed by atoms with van der Waals surface area (Å²) in [6.07, 6.45) is 3.98. The Balaban J connectivity index is 1.48. The molecule has 0 bridgehead atoms. The molecular weight excluding hydrogens is 534 g/mol. The second-order valence-electron chi connectivity index (χ2n) is 9.15. The molecule has 2 aromatic carbocycles. The Kier molecular flexibility index (Phi) is 9.59. The van der Waals surface area contributed by atoms with Gasteiger partial charge in [-0.15, -0.1) is 0 Å². The first-order valence-electron chi connectivity index (χ1n) is 12.9. The molecule has 0 fully saturated rings. The minimum Gasteiger partial charge on any atom is -0.454 e. The van der Waals surface area contributed by atoms with Crippen LogP contribution in [0.2, 0.25) is 0 Å². The van der Waals surface area contributed by atoms with Crippen molar-refractivity contribution in [2.24, 2.45) is 0 Å². The van der Waals surface area contributed by atoms with Gasteiger partial charge in [-0.2, -0.15) is 9.49 Å². The molecule has 2 heterocycles. The van der Waals surface area contributed by atoms with Crippen LogP contribution < -0.4 is 20.7 Å². The van der Waals surface area contributed by atoms with E-state index >= 15 is 0 Å². The molecule has 0 radical (unpaired) electrons. The Morgan fingerprint density at radius 1 is 0.976 bits per heavy atom. The number of pyridine rings is 1. The molecule has 0 aliphatic rings. The number of ether oxygens (including phenoxy) is 2. The Bertz CT molecular complexity index is 1520. The maximum atomic E-state index is 14.9. The fraction of sp³-hybridized carbons (Fsp3) is 0.241. The monoisotopic (exact) mass is 564 g/mol. The number of halogens is 2. The van der Waals surface area contributed by atoms with Crippen molar-refractivity contribution >= 4 is 29.3 Å². The number of methoxy groups -OCH3 is 1. The van der Waals surface area contributed by atoms with Gasteiger partial charge >= 0.3 is 6.03 Å². The summed E-state index contributed by atoms with van der Waals surface area (Å²) in [6.45, 7) is 3.86. The predicted molar refractivity (Wildman–Crippen MR) is 151 cm³/mol. The number of nitrogens with zero attached hydrogens (tertiary/aromatic N) is 3. The number of urea groups is 1. The van der Waals surface area contributed by atoms with Crippen LogP contribution in [0.4, 0.5) is 30.9 Å². The van der Waals surface area contributed by atoms with E-state index in [0.29, 0.717) is 5.82 Å². The third-order valence-corrected chi connectivity index (χ3v) is 5.86. The second-order valence-corrected chi connectivity index (χ2v) is 9.15. The lowest BCUT2D eigenvalue weighted by molar-refractivity contribution is -0.119. The van der Waals surface area contributed by atoms with Crippen molar-refractivity contribution in [3.05, 3.63) is 83.7 Å². The molecule has 3 amide bonds. The number of carbonyl (C=O) groups is 2. The van der Waals surface area contributed by atoms with Gasteiger partial charge in [-0.3, -0.25) is 10.1 Å². The van der Waals surface area contributed by atoms with Crippen molar-refractivity contribution in [2.75, 3.05) is 29.7 Å². The number of rotatable bonds is 11. The Morgan fingerprint density at radius 3 is 2.49 bits per heavy atom. The number of aryl methyl sites for hydroxylation is 2. The van der Waals surface area contributed by atoms with Crippen molar-refractivity contribution in [1.29, 1.82) is 0 Å². The van der Waals surface area contributed by atoms with Gasteiger partial charge in [-0.25, -0.2) is 18.9 Å². The fourth-order valence-electron chi connectivity index (χ4n) is 3.84. The van der Waals surface area contributed by atoms with E-state index in [1.165, 1.54) is 37.6 Å². The van der Waals surface area contributed by atoms with Crippen LogP contribution in [0, 0.1) is 18.6 Å². The smallest absolute Gasteiger partial charge is 0.324 e. The van der Waals surface area contributed by atoms with Gasteiger partial charge < -0.3 is 20.1 Å². The highest BCUT2D eigenvalue weighted by Gasteiger charge is 2.19. The van der Waals surface area contributed by atoms with E-state index in [1.54, 1.807) is 10.7 Å². The molecular formula is C29H30F2N6O4. The Labute approximate surface area is 235 Å². The van der Waals surface area contributed by atoms with Crippen molar-refractivity contribution in [3.8, 4) is 17.2 Å². The number of unbranched alkanes of at least 4 members (excludes halogenated alkanes) is 1. The van der Waals surface area contributed by atoms with Gasteiger partial charge in [0, 0.05) is 25.4 Å². The molecule has 3 N–H and O–H groups in total. The molecule has 0 unspecified atom stereocenters. The predicted octanol–water partition coefficient (Wildman–Crippen LogP) is 6.22. The van der Waals surface area contributed by atoms with Crippen LogP contribution in [0.15, 0.2) is 60.8 Å². The van der Waals surface area contributed by atoms with E-state index in [2.05, 4.69) is 33.0 Å². The molecule has 4 rings (SSSR count). The third kappa shape index (κ3) is 7.63. The van der Waals surface area contributed by atoms with Crippen molar-refractivity contribution < 1.29 is 27.8 Å². The van der Waals surface area contributed by atoms with Gasteiger partial charge in [-0.05, 0) is 50.1 Å². The number of benzene rings is 2. The van der Waals surface area contributed by atoms with Crippen molar-refractivity contribution in [1.82, 2.24) is 14.8 Å². The quantitative estimate of drug-likeness (QED) is 0.199. The van der Waals surface area contributed by atoms with E-state index in [9.17, 15) is 18.4 Å². The number of anilines is 3. The van der Waals surface area contributed by atoms with Crippen LogP contribution in [0.3, 0.4) is 0 Å². The Morgan fingerprint density at radius 2 is 1.76 bits per heavy atom. The average molecular weight is 565 g/mol. The highest BCUT2D eigenvalue weighted by Crippen LogP contribution is 2.30. The first-order valence-corrected chi connectivity index (χ1v) is 12.9. The van der Waals surface area contributed by atoms with Crippen LogP contribution in [-0.4, -0.2) is 40.4 Å². The third-order valence-electron chi connectivity index (χ3n) is 5.86. The molecule has 0 spiro atoms. The summed E-state index contributed by atoms with van der Waals surface area (Å²) in [5, 5.41) is 12.1. The normalized spacial score (nSPS) is 10.8. The summed E-state index contributed by atoms with van der Waals surface area (Å²) in [5.74, 6) is -2.86. The number of carbonyl (C=O) groups excluding carboxylic acids is 2. The average Bonchev–Trinajstić information content (AvgIpc) is 3.34. The van der Waals surface area contributed by atoms with Crippen molar-refractivity contribution in [3.63, 3.8) is 0 Å². The van der Waals surface area contributed by atoms with Crippen molar-refractivity contribution in [2.45, 2.75) is 33.1 Å². The van der Waals surface area contributed by atoms with Crippen LogP contribution in [0.5, 0.6) is 11.5 Å². The highest BCUT2D eigenvalue weighted by atomic mass is 19.2. The summed E-state index contributed by atoms with van der Waals surface area (Å²) in [5.41, 5.74) is 2.22. The molecule has 214 valence electrons. The fourth-order valence-corrected chi connectivity index (χ4v) is 3.84. The summed E-state index contributed by atoms with van der Waals surface area (Å²) in [4.78, 5) is 28.5. The number of amides is 3. The SMILES string of the molecule is CCCCc1cc(NC(=O)Nc2ccc(Oc3ccnc(NC(=O)COC)c3)c(F)c2F)n(-c2ccc(C)cc2)n1. The zero-order chi connectivity index (χ0) is 29.4. The van der Waals surface area contributed by atoms with Gasteiger partial charge in [0.05, 0.1) is 17.1 Å². The standard InChI is InChI=1S/C29H30F2N6O4/c1-4-5-6-19-15-25(37(36-19)20-9-7-18(2)8-10-20)35-29(39)33-22-11-12-23(28(31)27(22)30)41-21-13-14-32-24(16-21)34-26(38)17-40-3/h7-16H,4-6,17H2,1-3H3,(H,32,34,38)(H2,33,35,39). The number of nitrogens with one attached hydrogen (secondary N) is 3. The summed E-state index contributed by atoms with van der Waals surface area (Å²) < 4.78 is 41.6.